The van der Waals surface area contributed by atoms with E-state index < -0.39 is 6.04 Å². The molecule has 9 heteroatoms. The van der Waals surface area contributed by atoms with E-state index in [9.17, 15) is 4.79 Å². The fourth-order valence-corrected chi connectivity index (χ4v) is 2.15. The predicted molar refractivity (Wildman–Crippen MR) is 79.5 cm³/mol. The number of hydrogen-bond acceptors (Lipinski definition) is 8. The minimum absolute atomic E-state index is 0.0537. The van der Waals surface area contributed by atoms with Gasteiger partial charge in [-0.25, -0.2) is 5.84 Å². The fraction of sp³-hybridized carbons (Fsp3) is 0.583. The first-order chi connectivity index (χ1) is 10.0. The molecule has 0 aliphatic carbocycles. The van der Waals surface area contributed by atoms with Gasteiger partial charge in [0.05, 0.1) is 13.2 Å². The Labute approximate surface area is 123 Å². The molecular weight excluding hydrogens is 274 g/mol. The van der Waals surface area contributed by atoms with Crippen molar-refractivity contribution in [2.75, 3.05) is 35.8 Å². The summed E-state index contributed by atoms with van der Waals surface area (Å²) in [5, 5.41) is 2.88. The van der Waals surface area contributed by atoms with Gasteiger partial charge < -0.3 is 26.1 Å². The lowest BCUT2D eigenvalue weighted by molar-refractivity contribution is -0.125. The van der Waals surface area contributed by atoms with E-state index in [2.05, 4.69) is 20.7 Å². The highest BCUT2D eigenvalue weighted by Crippen LogP contribution is 2.21. The van der Waals surface area contributed by atoms with E-state index >= 15 is 0 Å². The molecule has 1 unspecified atom stereocenters. The first-order valence-corrected chi connectivity index (χ1v) is 6.77. The number of anilines is 3. The van der Waals surface area contributed by atoms with Gasteiger partial charge in [0.15, 0.2) is 0 Å². The number of aromatic nitrogens is 2. The SMILES string of the molecule is CC(C)NC(=O)C1COCCN1c1cc(NN)nc(N)n1. The van der Waals surface area contributed by atoms with Crippen LogP contribution in [0.5, 0.6) is 0 Å². The zero-order chi connectivity index (χ0) is 15.4. The molecule has 21 heavy (non-hydrogen) atoms. The van der Waals surface area contributed by atoms with E-state index in [1.165, 1.54) is 0 Å². The Hall–Kier alpha value is -2.13. The maximum atomic E-state index is 12.3. The summed E-state index contributed by atoms with van der Waals surface area (Å²) in [6.07, 6.45) is 0. The van der Waals surface area contributed by atoms with Gasteiger partial charge in [0.25, 0.3) is 0 Å². The summed E-state index contributed by atoms with van der Waals surface area (Å²) >= 11 is 0. The minimum Gasteiger partial charge on any atom is -0.377 e. The number of nitrogens with two attached hydrogens (primary N) is 2. The zero-order valence-electron chi connectivity index (χ0n) is 12.2. The standard InChI is InChI=1S/C12H21N7O2/c1-7(2)15-11(20)8-6-21-4-3-19(8)10-5-9(18-14)16-12(13)17-10/h5,7-8H,3-4,6,14H2,1-2H3,(H,15,20)(H3,13,16,17,18). The average Bonchev–Trinajstić information content (AvgIpc) is 2.45. The first kappa shape index (κ1) is 15.3. The van der Waals surface area contributed by atoms with Gasteiger partial charge in [-0.3, -0.25) is 4.79 Å². The Morgan fingerprint density at radius 3 is 2.95 bits per heavy atom. The number of hydrazine groups is 1. The largest absolute Gasteiger partial charge is 0.377 e. The summed E-state index contributed by atoms with van der Waals surface area (Å²) in [6.45, 7) is 5.17. The number of ether oxygens (including phenoxy) is 1. The number of nitrogen functional groups attached to an aromatic ring is 2. The minimum atomic E-state index is -0.457. The number of rotatable bonds is 4. The lowest BCUT2D eigenvalue weighted by Gasteiger charge is -2.35. The van der Waals surface area contributed by atoms with Gasteiger partial charge in [-0.15, -0.1) is 0 Å². The molecule has 1 atom stereocenters. The number of morpholine rings is 1. The van der Waals surface area contributed by atoms with Crippen molar-refractivity contribution in [3.05, 3.63) is 6.07 Å². The second-order valence-corrected chi connectivity index (χ2v) is 5.06. The zero-order valence-corrected chi connectivity index (χ0v) is 12.2. The molecule has 1 aliphatic rings. The predicted octanol–water partition coefficient (Wildman–Crippen LogP) is -0.926. The number of carbonyl (C=O) groups excluding carboxylic acids is 1. The summed E-state index contributed by atoms with van der Waals surface area (Å²) in [5.74, 6) is 6.28. The lowest BCUT2D eigenvalue weighted by Crippen LogP contribution is -2.55. The van der Waals surface area contributed by atoms with Crippen LogP contribution in [0.2, 0.25) is 0 Å². The highest BCUT2D eigenvalue weighted by Gasteiger charge is 2.31. The van der Waals surface area contributed by atoms with E-state index in [-0.39, 0.29) is 17.9 Å². The van der Waals surface area contributed by atoms with E-state index in [0.717, 1.165) is 0 Å². The summed E-state index contributed by atoms with van der Waals surface area (Å²) < 4.78 is 5.41. The van der Waals surface area contributed by atoms with Crippen LogP contribution in [0.15, 0.2) is 6.07 Å². The van der Waals surface area contributed by atoms with Gasteiger partial charge in [0.2, 0.25) is 11.9 Å². The summed E-state index contributed by atoms with van der Waals surface area (Å²) in [7, 11) is 0. The second-order valence-electron chi connectivity index (χ2n) is 5.06. The molecule has 0 bridgehead atoms. The Bertz CT molecular complexity index is 508. The molecule has 0 spiro atoms. The van der Waals surface area contributed by atoms with Crippen molar-refractivity contribution < 1.29 is 9.53 Å². The molecule has 1 saturated heterocycles. The van der Waals surface area contributed by atoms with Crippen LogP contribution >= 0.6 is 0 Å². The quantitative estimate of drug-likeness (QED) is 0.414. The molecule has 6 N–H and O–H groups in total. The highest BCUT2D eigenvalue weighted by molar-refractivity contribution is 5.85. The fourth-order valence-electron chi connectivity index (χ4n) is 2.15. The molecular formula is C12H21N7O2. The van der Waals surface area contributed by atoms with Crippen LogP contribution in [0.1, 0.15) is 13.8 Å². The van der Waals surface area contributed by atoms with Crippen molar-refractivity contribution in [2.45, 2.75) is 25.9 Å². The van der Waals surface area contributed by atoms with Gasteiger partial charge in [-0.05, 0) is 13.8 Å². The van der Waals surface area contributed by atoms with E-state index in [1.807, 2.05) is 18.7 Å². The number of nitrogens with zero attached hydrogens (tertiary/aromatic N) is 3. The third kappa shape index (κ3) is 3.70. The van der Waals surface area contributed by atoms with Crippen LogP contribution in [0.25, 0.3) is 0 Å². The monoisotopic (exact) mass is 295 g/mol. The second kappa shape index (κ2) is 6.55. The molecule has 1 aromatic rings. The number of carbonyl (C=O) groups is 1. The Balaban J connectivity index is 2.26. The summed E-state index contributed by atoms with van der Waals surface area (Å²) in [4.78, 5) is 22.2. The third-order valence-corrected chi connectivity index (χ3v) is 3.03. The van der Waals surface area contributed by atoms with E-state index in [0.29, 0.717) is 31.4 Å². The van der Waals surface area contributed by atoms with Crippen LogP contribution in [0, 0.1) is 0 Å². The Morgan fingerprint density at radius 2 is 2.29 bits per heavy atom. The Kier molecular flexibility index (Phi) is 4.76. The first-order valence-electron chi connectivity index (χ1n) is 6.77. The third-order valence-electron chi connectivity index (χ3n) is 3.03. The van der Waals surface area contributed by atoms with Crippen LogP contribution in [0.4, 0.5) is 17.6 Å². The summed E-state index contributed by atoms with van der Waals surface area (Å²) in [6, 6.07) is 1.25. The molecule has 9 nitrogen and oxygen atoms in total. The van der Waals surface area contributed by atoms with Gasteiger partial charge in [0, 0.05) is 18.7 Å². The maximum absolute atomic E-state index is 12.3. The molecule has 1 aliphatic heterocycles. The smallest absolute Gasteiger partial charge is 0.245 e. The molecule has 1 fully saturated rings. The highest BCUT2D eigenvalue weighted by atomic mass is 16.5. The number of hydrogen-bond donors (Lipinski definition) is 4. The van der Waals surface area contributed by atoms with Crippen LogP contribution in [-0.2, 0) is 9.53 Å². The molecule has 0 radical (unpaired) electrons. The molecule has 0 aromatic carbocycles. The van der Waals surface area contributed by atoms with Crippen molar-refractivity contribution in [1.82, 2.24) is 15.3 Å². The average molecular weight is 295 g/mol. The number of nitrogens with one attached hydrogen (secondary N) is 2. The summed E-state index contributed by atoms with van der Waals surface area (Å²) in [5.41, 5.74) is 8.10. The molecule has 1 aromatic heterocycles. The van der Waals surface area contributed by atoms with Gasteiger partial charge in [-0.2, -0.15) is 9.97 Å². The lowest BCUT2D eigenvalue weighted by atomic mass is 10.2. The molecule has 116 valence electrons. The normalized spacial score (nSPS) is 18.7. The van der Waals surface area contributed by atoms with Crippen molar-refractivity contribution in [2.24, 2.45) is 5.84 Å². The molecule has 2 heterocycles. The molecule has 1 amide bonds. The topological polar surface area (TPSA) is 131 Å². The van der Waals surface area contributed by atoms with Crippen LogP contribution in [-0.4, -0.2) is 47.7 Å². The van der Waals surface area contributed by atoms with Crippen LogP contribution in [0.3, 0.4) is 0 Å². The molecule has 2 rings (SSSR count). The van der Waals surface area contributed by atoms with E-state index in [1.54, 1.807) is 6.07 Å². The van der Waals surface area contributed by atoms with Gasteiger partial charge in [-0.1, -0.05) is 0 Å². The number of amides is 1. The van der Waals surface area contributed by atoms with Crippen LogP contribution < -0.4 is 27.2 Å². The van der Waals surface area contributed by atoms with Crippen molar-refractivity contribution >= 4 is 23.5 Å². The maximum Gasteiger partial charge on any atom is 0.245 e. The van der Waals surface area contributed by atoms with Gasteiger partial charge >= 0.3 is 0 Å². The molecule has 0 saturated carbocycles. The Morgan fingerprint density at radius 1 is 1.52 bits per heavy atom. The van der Waals surface area contributed by atoms with Gasteiger partial charge in [0.1, 0.15) is 17.7 Å². The van der Waals surface area contributed by atoms with Crippen molar-refractivity contribution in [3.8, 4) is 0 Å². The van der Waals surface area contributed by atoms with Crippen molar-refractivity contribution in [3.63, 3.8) is 0 Å². The van der Waals surface area contributed by atoms with Crippen molar-refractivity contribution in [1.29, 1.82) is 0 Å². The van der Waals surface area contributed by atoms with E-state index in [4.69, 9.17) is 16.3 Å².